The molecule has 5 nitrogen and oxygen atoms in total. The van der Waals surface area contributed by atoms with Gasteiger partial charge in [-0.15, -0.1) is 0 Å². The van der Waals surface area contributed by atoms with Crippen molar-refractivity contribution in [1.29, 1.82) is 0 Å². The largest absolute Gasteiger partial charge is 0.495 e. The summed E-state index contributed by atoms with van der Waals surface area (Å²) >= 11 is 5.87. The molecule has 0 aliphatic carbocycles. The second-order valence-corrected chi connectivity index (χ2v) is 6.56. The van der Waals surface area contributed by atoms with Crippen molar-refractivity contribution < 1.29 is 13.2 Å². The Morgan fingerprint density at radius 3 is 2.57 bits per heavy atom. The lowest BCUT2D eigenvalue weighted by molar-refractivity contribution is 0.417. The smallest absolute Gasteiger partial charge is 0.262 e. The van der Waals surface area contributed by atoms with Gasteiger partial charge in [0.2, 0.25) is 0 Å². The minimum Gasteiger partial charge on any atom is -0.495 e. The summed E-state index contributed by atoms with van der Waals surface area (Å²) in [4.78, 5) is 0.130. The molecular weight excluding hydrogens is 312 g/mol. The number of aryl methyl sites for hydroxylation is 1. The molecule has 0 atom stereocenters. The Labute approximate surface area is 128 Å². The van der Waals surface area contributed by atoms with E-state index in [2.05, 4.69) is 4.72 Å². The summed E-state index contributed by atoms with van der Waals surface area (Å²) in [7, 11) is -2.27. The van der Waals surface area contributed by atoms with Gasteiger partial charge in [-0.25, -0.2) is 8.42 Å². The molecule has 2 aromatic carbocycles. The van der Waals surface area contributed by atoms with Gasteiger partial charge in [0.1, 0.15) is 5.75 Å². The van der Waals surface area contributed by atoms with E-state index in [9.17, 15) is 8.42 Å². The fourth-order valence-corrected chi connectivity index (χ4v) is 3.41. The molecule has 0 fully saturated rings. The van der Waals surface area contributed by atoms with Gasteiger partial charge in [0.25, 0.3) is 10.0 Å². The van der Waals surface area contributed by atoms with Crippen molar-refractivity contribution in [2.75, 3.05) is 17.6 Å². The SMILES string of the molecule is COc1cc(NS(=O)(=O)c2cc(Cl)ccc2C)ccc1N. The van der Waals surface area contributed by atoms with Gasteiger partial charge < -0.3 is 10.5 Å². The van der Waals surface area contributed by atoms with Crippen molar-refractivity contribution in [3.05, 3.63) is 47.0 Å². The molecule has 0 saturated heterocycles. The number of methoxy groups -OCH3 is 1. The van der Waals surface area contributed by atoms with E-state index in [-0.39, 0.29) is 4.90 Å². The number of halogens is 1. The van der Waals surface area contributed by atoms with Crippen LogP contribution in [0.15, 0.2) is 41.3 Å². The lowest BCUT2D eigenvalue weighted by Gasteiger charge is -2.12. The standard InChI is InChI=1S/C14H15ClN2O3S/c1-9-3-4-10(15)7-14(9)21(18,19)17-11-5-6-12(16)13(8-11)20-2/h3-8,17H,16H2,1-2H3. The number of benzene rings is 2. The molecule has 0 aromatic heterocycles. The quantitative estimate of drug-likeness (QED) is 0.846. The Morgan fingerprint density at radius 1 is 1.19 bits per heavy atom. The van der Waals surface area contributed by atoms with E-state index in [0.717, 1.165) is 0 Å². The highest BCUT2D eigenvalue weighted by Crippen LogP contribution is 2.28. The number of ether oxygens (including phenoxy) is 1. The van der Waals surface area contributed by atoms with E-state index in [1.807, 2.05) is 0 Å². The van der Waals surface area contributed by atoms with E-state index < -0.39 is 10.0 Å². The average molecular weight is 327 g/mol. The van der Waals surface area contributed by atoms with Crippen LogP contribution in [-0.4, -0.2) is 15.5 Å². The van der Waals surface area contributed by atoms with Crippen molar-refractivity contribution in [1.82, 2.24) is 0 Å². The van der Waals surface area contributed by atoms with E-state index in [1.54, 1.807) is 31.2 Å². The Kier molecular flexibility index (Phi) is 4.29. The van der Waals surface area contributed by atoms with Crippen LogP contribution in [0.25, 0.3) is 0 Å². The fraction of sp³-hybridized carbons (Fsp3) is 0.143. The third-order valence-corrected chi connectivity index (χ3v) is 4.68. The summed E-state index contributed by atoms with van der Waals surface area (Å²) in [6.45, 7) is 1.70. The van der Waals surface area contributed by atoms with Crippen molar-refractivity contribution in [3.8, 4) is 5.75 Å². The summed E-state index contributed by atoms with van der Waals surface area (Å²) in [5, 5.41) is 0.357. The first kappa shape index (κ1) is 15.5. The summed E-state index contributed by atoms with van der Waals surface area (Å²) < 4.78 is 32.4. The lowest BCUT2D eigenvalue weighted by atomic mass is 10.2. The maximum Gasteiger partial charge on any atom is 0.262 e. The molecule has 0 saturated carbocycles. The number of rotatable bonds is 4. The molecule has 0 amide bonds. The van der Waals surface area contributed by atoms with Gasteiger partial charge in [-0.3, -0.25) is 4.72 Å². The summed E-state index contributed by atoms with van der Waals surface area (Å²) in [6.07, 6.45) is 0. The van der Waals surface area contributed by atoms with Gasteiger partial charge >= 0.3 is 0 Å². The molecular formula is C14H15ClN2O3S. The van der Waals surface area contributed by atoms with Crippen molar-refractivity contribution in [2.24, 2.45) is 0 Å². The van der Waals surface area contributed by atoms with Gasteiger partial charge in [-0.05, 0) is 36.8 Å². The van der Waals surface area contributed by atoms with Crippen molar-refractivity contribution >= 4 is 33.0 Å². The van der Waals surface area contributed by atoms with Crippen LogP contribution >= 0.6 is 11.6 Å². The number of nitrogen functional groups attached to an aromatic ring is 1. The maximum absolute atomic E-state index is 12.4. The number of nitrogens with one attached hydrogen (secondary N) is 1. The first-order valence-electron chi connectivity index (χ1n) is 6.06. The third kappa shape index (κ3) is 3.40. The number of sulfonamides is 1. The van der Waals surface area contributed by atoms with Gasteiger partial charge in [-0.2, -0.15) is 0 Å². The zero-order valence-corrected chi connectivity index (χ0v) is 13.1. The van der Waals surface area contributed by atoms with Crippen molar-refractivity contribution in [2.45, 2.75) is 11.8 Å². The molecule has 112 valence electrons. The number of hydrogen-bond donors (Lipinski definition) is 2. The summed E-state index contributed by atoms with van der Waals surface area (Å²) in [5.41, 5.74) is 7.10. The van der Waals surface area contributed by atoms with Crippen LogP contribution in [0.4, 0.5) is 11.4 Å². The molecule has 0 unspecified atom stereocenters. The zero-order chi connectivity index (χ0) is 15.6. The van der Waals surface area contributed by atoms with Crippen LogP contribution in [0.5, 0.6) is 5.75 Å². The van der Waals surface area contributed by atoms with E-state index in [4.69, 9.17) is 22.1 Å². The van der Waals surface area contributed by atoms with Crippen LogP contribution < -0.4 is 15.2 Å². The Bertz CT molecular complexity index is 776. The molecule has 3 N–H and O–H groups in total. The highest BCUT2D eigenvalue weighted by Gasteiger charge is 2.18. The van der Waals surface area contributed by atoms with E-state index in [1.165, 1.54) is 19.2 Å². The number of hydrogen-bond acceptors (Lipinski definition) is 4. The Hall–Kier alpha value is -1.92. The van der Waals surface area contributed by atoms with Gasteiger partial charge in [0.05, 0.1) is 23.4 Å². The Balaban J connectivity index is 2.40. The highest BCUT2D eigenvalue weighted by molar-refractivity contribution is 7.92. The number of nitrogens with two attached hydrogens (primary N) is 1. The minimum absolute atomic E-state index is 0.130. The van der Waals surface area contributed by atoms with Crippen LogP contribution in [0.1, 0.15) is 5.56 Å². The zero-order valence-electron chi connectivity index (χ0n) is 11.6. The van der Waals surface area contributed by atoms with Gasteiger partial charge in [0.15, 0.2) is 0 Å². The van der Waals surface area contributed by atoms with Crippen molar-refractivity contribution in [3.63, 3.8) is 0 Å². The topological polar surface area (TPSA) is 81.4 Å². The van der Waals surface area contributed by atoms with Crippen LogP contribution in [0.3, 0.4) is 0 Å². The normalized spacial score (nSPS) is 11.2. The van der Waals surface area contributed by atoms with E-state index in [0.29, 0.717) is 27.7 Å². The second kappa shape index (κ2) is 5.83. The first-order valence-corrected chi connectivity index (χ1v) is 7.92. The Morgan fingerprint density at radius 2 is 1.90 bits per heavy atom. The first-order chi connectivity index (χ1) is 9.83. The molecule has 21 heavy (non-hydrogen) atoms. The van der Waals surface area contributed by atoms with Crippen LogP contribution in [0, 0.1) is 6.92 Å². The second-order valence-electron chi connectivity index (χ2n) is 4.47. The highest BCUT2D eigenvalue weighted by atomic mass is 35.5. The minimum atomic E-state index is -3.74. The average Bonchev–Trinajstić information content (AvgIpc) is 2.43. The molecule has 0 aliphatic heterocycles. The molecule has 0 aliphatic rings. The van der Waals surface area contributed by atoms with Gasteiger partial charge in [-0.1, -0.05) is 17.7 Å². The van der Waals surface area contributed by atoms with Crippen LogP contribution in [-0.2, 0) is 10.0 Å². The molecule has 2 aromatic rings. The molecule has 0 heterocycles. The third-order valence-electron chi connectivity index (χ3n) is 2.93. The predicted molar refractivity (Wildman–Crippen MR) is 84.4 cm³/mol. The molecule has 2 rings (SSSR count). The van der Waals surface area contributed by atoms with E-state index >= 15 is 0 Å². The monoisotopic (exact) mass is 326 g/mol. The maximum atomic E-state index is 12.4. The molecule has 0 bridgehead atoms. The summed E-state index contributed by atoms with van der Waals surface area (Å²) in [6, 6.07) is 9.36. The lowest BCUT2D eigenvalue weighted by Crippen LogP contribution is -2.14. The molecule has 0 radical (unpaired) electrons. The van der Waals surface area contributed by atoms with Crippen LogP contribution in [0.2, 0.25) is 5.02 Å². The predicted octanol–water partition coefficient (Wildman–Crippen LogP) is 3.04. The fourth-order valence-electron chi connectivity index (χ4n) is 1.85. The number of anilines is 2. The van der Waals surface area contributed by atoms with Gasteiger partial charge in [0, 0.05) is 11.1 Å². The molecule has 0 spiro atoms. The molecule has 7 heteroatoms. The summed E-state index contributed by atoms with van der Waals surface area (Å²) in [5.74, 6) is 0.401.